The van der Waals surface area contributed by atoms with Crippen molar-refractivity contribution in [3.8, 4) is 0 Å². The Hall–Kier alpha value is -4.43. The molecule has 0 fully saturated rings. The van der Waals surface area contributed by atoms with Gasteiger partial charge in [-0.3, -0.25) is 9.89 Å². The molecule has 172 valence electrons. The largest absolute Gasteiger partial charge is 0.455 e. The van der Waals surface area contributed by atoms with Crippen molar-refractivity contribution in [1.82, 2.24) is 15.5 Å². The molecule has 35 heavy (non-hydrogen) atoms. The molecule has 1 amide bonds. The van der Waals surface area contributed by atoms with E-state index in [9.17, 15) is 13.2 Å². The molecule has 0 saturated heterocycles. The molecule has 8 heteroatoms. The first-order valence-electron chi connectivity index (χ1n) is 11.0. The molecule has 0 aliphatic carbocycles. The number of para-hydroxylation sites is 2. The number of rotatable bonds is 5. The number of hydrogen-bond acceptors (Lipinski definition) is 5. The van der Waals surface area contributed by atoms with Crippen molar-refractivity contribution in [3.05, 3.63) is 102 Å². The van der Waals surface area contributed by atoms with Gasteiger partial charge in [0.1, 0.15) is 10.5 Å². The van der Waals surface area contributed by atoms with Crippen LogP contribution in [0.25, 0.3) is 32.8 Å². The highest BCUT2D eigenvalue weighted by atomic mass is 32.2. The number of nitrogens with one attached hydrogen (secondary N) is 2. The van der Waals surface area contributed by atoms with E-state index < -0.39 is 9.84 Å². The Balaban J connectivity index is 1.24. The molecule has 2 N–H and O–H groups in total. The topological polar surface area (TPSA) is 105 Å². The lowest BCUT2D eigenvalue weighted by Gasteiger charge is -2.08. The first-order chi connectivity index (χ1) is 17.0. The van der Waals surface area contributed by atoms with Crippen LogP contribution in [0.2, 0.25) is 0 Å². The summed E-state index contributed by atoms with van der Waals surface area (Å²) >= 11 is 0. The fourth-order valence-electron chi connectivity index (χ4n) is 4.21. The van der Waals surface area contributed by atoms with Crippen molar-refractivity contribution in [2.24, 2.45) is 0 Å². The molecule has 4 aromatic carbocycles. The highest BCUT2D eigenvalue weighted by molar-refractivity contribution is 7.91. The zero-order valence-electron chi connectivity index (χ0n) is 18.4. The van der Waals surface area contributed by atoms with Gasteiger partial charge in [0.2, 0.25) is 9.84 Å². The minimum Gasteiger partial charge on any atom is -0.455 e. The lowest BCUT2D eigenvalue weighted by Crippen LogP contribution is -2.22. The number of hydrogen-bond donors (Lipinski definition) is 2. The zero-order chi connectivity index (χ0) is 24.0. The molecule has 0 aliphatic rings. The van der Waals surface area contributed by atoms with E-state index in [1.54, 1.807) is 60.8 Å². The maximum absolute atomic E-state index is 13.4. The third kappa shape index (κ3) is 3.64. The number of fused-ring (bicyclic) bond motifs is 4. The van der Waals surface area contributed by atoms with Crippen LogP contribution >= 0.6 is 0 Å². The number of carbonyl (C=O) groups is 1. The van der Waals surface area contributed by atoms with E-state index in [0.29, 0.717) is 16.7 Å². The summed E-state index contributed by atoms with van der Waals surface area (Å²) in [6, 6.07) is 24.4. The summed E-state index contributed by atoms with van der Waals surface area (Å²) in [7, 11) is -3.81. The van der Waals surface area contributed by atoms with Gasteiger partial charge >= 0.3 is 0 Å². The number of H-pyrrole nitrogens is 1. The minimum absolute atomic E-state index is 0.127. The third-order valence-electron chi connectivity index (χ3n) is 6.05. The monoisotopic (exact) mass is 481 g/mol. The predicted octanol–water partition coefficient (Wildman–Crippen LogP) is 5.23. The van der Waals surface area contributed by atoms with Gasteiger partial charge in [-0.1, -0.05) is 42.5 Å². The van der Waals surface area contributed by atoms with E-state index >= 15 is 0 Å². The van der Waals surface area contributed by atoms with Crippen LogP contribution in [-0.2, 0) is 16.4 Å². The number of sulfone groups is 1. The van der Waals surface area contributed by atoms with Gasteiger partial charge in [0.05, 0.1) is 16.6 Å². The predicted molar refractivity (Wildman–Crippen MR) is 133 cm³/mol. The maximum atomic E-state index is 13.4. The molecule has 0 spiro atoms. The second kappa shape index (κ2) is 8.11. The Morgan fingerprint density at radius 2 is 1.71 bits per heavy atom. The van der Waals surface area contributed by atoms with Gasteiger partial charge in [-0.15, -0.1) is 0 Å². The average molecular weight is 482 g/mol. The van der Waals surface area contributed by atoms with Crippen molar-refractivity contribution in [2.45, 2.75) is 16.3 Å². The third-order valence-corrected chi connectivity index (χ3v) is 7.84. The smallest absolute Gasteiger partial charge is 0.251 e. The molecule has 0 aliphatic heterocycles. The van der Waals surface area contributed by atoms with Crippen LogP contribution in [-0.4, -0.2) is 24.5 Å². The fraction of sp³-hybridized carbons (Fsp3) is 0.0370. The minimum atomic E-state index is -3.81. The maximum Gasteiger partial charge on any atom is 0.251 e. The van der Waals surface area contributed by atoms with Crippen molar-refractivity contribution >= 4 is 48.6 Å². The fourth-order valence-corrected chi connectivity index (χ4v) is 5.62. The standard InChI is InChI=1S/C27H19N3O4S/c31-27(18-10-13-23-19(14-18)16-29-30-23)28-15-17-8-11-20(12-9-17)35(32,33)25-7-3-5-22-21-4-1-2-6-24(21)34-26(22)25/h1-14,16H,15H2,(H,28,31)(H,29,30). The van der Waals surface area contributed by atoms with Crippen LogP contribution in [0.3, 0.4) is 0 Å². The van der Waals surface area contributed by atoms with E-state index in [1.807, 2.05) is 30.3 Å². The molecule has 0 atom stereocenters. The van der Waals surface area contributed by atoms with Gasteiger partial charge < -0.3 is 9.73 Å². The first kappa shape index (κ1) is 21.1. The van der Waals surface area contributed by atoms with E-state index in [0.717, 1.165) is 27.2 Å². The lowest BCUT2D eigenvalue weighted by molar-refractivity contribution is 0.0951. The van der Waals surface area contributed by atoms with E-state index in [4.69, 9.17) is 4.42 Å². The Morgan fingerprint density at radius 3 is 2.57 bits per heavy atom. The quantitative estimate of drug-likeness (QED) is 0.351. The number of furan rings is 1. The van der Waals surface area contributed by atoms with Crippen molar-refractivity contribution < 1.29 is 17.6 Å². The molecular formula is C27H19N3O4S. The summed E-state index contributed by atoms with van der Waals surface area (Å²) in [6.45, 7) is 0.266. The summed E-state index contributed by atoms with van der Waals surface area (Å²) < 4.78 is 32.8. The molecule has 0 radical (unpaired) electrons. The van der Waals surface area contributed by atoms with Crippen LogP contribution in [0.15, 0.2) is 105 Å². The van der Waals surface area contributed by atoms with Crippen molar-refractivity contribution in [3.63, 3.8) is 0 Å². The van der Waals surface area contributed by atoms with Crippen molar-refractivity contribution in [1.29, 1.82) is 0 Å². The summed E-state index contributed by atoms with van der Waals surface area (Å²) in [5.74, 6) is -0.221. The molecular weight excluding hydrogens is 462 g/mol. The highest BCUT2D eigenvalue weighted by Gasteiger charge is 2.23. The molecule has 0 bridgehead atoms. The van der Waals surface area contributed by atoms with Gasteiger partial charge in [-0.25, -0.2) is 8.42 Å². The number of aromatic amines is 1. The second-order valence-corrected chi connectivity index (χ2v) is 10.2. The van der Waals surface area contributed by atoms with Crippen LogP contribution in [0.1, 0.15) is 15.9 Å². The Labute approximate surface area is 200 Å². The normalized spacial score (nSPS) is 11.9. The highest BCUT2D eigenvalue weighted by Crippen LogP contribution is 2.35. The van der Waals surface area contributed by atoms with Gasteiger partial charge in [0.15, 0.2) is 5.58 Å². The van der Waals surface area contributed by atoms with Crippen molar-refractivity contribution in [2.75, 3.05) is 0 Å². The van der Waals surface area contributed by atoms with E-state index in [1.165, 1.54) is 0 Å². The Bertz CT molecular complexity index is 1830. The number of nitrogens with zero attached hydrogens (tertiary/aromatic N) is 1. The summed E-state index contributed by atoms with van der Waals surface area (Å²) in [5, 5.41) is 12.2. The zero-order valence-corrected chi connectivity index (χ0v) is 19.2. The summed E-state index contributed by atoms with van der Waals surface area (Å²) in [6.07, 6.45) is 1.66. The molecule has 0 saturated carbocycles. The molecule has 7 nitrogen and oxygen atoms in total. The number of carbonyl (C=O) groups excluding carboxylic acids is 1. The second-order valence-electron chi connectivity index (χ2n) is 8.23. The molecule has 6 aromatic rings. The molecule has 6 rings (SSSR count). The Kier molecular flexibility index (Phi) is 4.89. The number of amides is 1. The van der Waals surface area contributed by atoms with Crippen LogP contribution in [0.4, 0.5) is 0 Å². The summed E-state index contributed by atoms with van der Waals surface area (Å²) in [5.41, 5.74) is 3.15. The van der Waals surface area contributed by atoms with Gasteiger partial charge in [-0.2, -0.15) is 5.10 Å². The van der Waals surface area contributed by atoms with Gasteiger partial charge in [-0.05, 0) is 48.0 Å². The van der Waals surface area contributed by atoms with Crippen LogP contribution < -0.4 is 5.32 Å². The number of aromatic nitrogens is 2. The molecule has 0 unspecified atom stereocenters. The average Bonchev–Trinajstić information content (AvgIpc) is 3.51. The summed E-state index contributed by atoms with van der Waals surface area (Å²) in [4.78, 5) is 12.8. The Morgan fingerprint density at radius 1 is 0.914 bits per heavy atom. The van der Waals surface area contributed by atoms with Crippen LogP contribution in [0.5, 0.6) is 0 Å². The van der Waals surface area contributed by atoms with Gasteiger partial charge in [0, 0.05) is 28.3 Å². The van der Waals surface area contributed by atoms with E-state index in [2.05, 4.69) is 15.5 Å². The van der Waals surface area contributed by atoms with Gasteiger partial charge in [0.25, 0.3) is 5.91 Å². The number of benzene rings is 4. The SMILES string of the molecule is O=C(NCc1ccc(S(=O)(=O)c2cccc3c2oc2ccccc23)cc1)c1ccc2[nH]ncc2c1. The molecule has 2 aromatic heterocycles. The first-order valence-corrected chi connectivity index (χ1v) is 12.4. The lowest BCUT2D eigenvalue weighted by atomic mass is 10.1. The van der Waals surface area contributed by atoms with Crippen LogP contribution in [0, 0.1) is 0 Å². The molecule has 2 heterocycles. The van der Waals surface area contributed by atoms with E-state index in [-0.39, 0.29) is 22.2 Å².